The van der Waals surface area contributed by atoms with Gasteiger partial charge in [-0.05, 0) is 38.3 Å². The van der Waals surface area contributed by atoms with Crippen molar-refractivity contribution in [3.8, 4) is 0 Å². The van der Waals surface area contributed by atoms with Crippen molar-refractivity contribution < 1.29 is 18.0 Å². The van der Waals surface area contributed by atoms with Gasteiger partial charge in [0, 0.05) is 37.8 Å². The van der Waals surface area contributed by atoms with Crippen LogP contribution in [0.25, 0.3) is 0 Å². The van der Waals surface area contributed by atoms with E-state index in [9.17, 15) is 18.0 Å². The van der Waals surface area contributed by atoms with E-state index in [1.54, 1.807) is 18.0 Å². The van der Waals surface area contributed by atoms with Crippen molar-refractivity contribution in [2.45, 2.75) is 43.2 Å². The van der Waals surface area contributed by atoms with E-state index in [1.807, 2.05) is 0 Å². The highest BCUT2D eigenvalue weighted by Gasteiger charge is 2.36. The first kappa shape index (κ1) is 19.0. The number of likely N-dealkylation sites (N-methyl/N-ethyl adjacent to an activating group) is 1. The van der Waals surface area contributed by atoms with Gasteiger partial charge in [0.1, 0.15) is 0 Å². The van der Waals surface area contributed by atoms with E-state index in [1.165, 1.54) is 38.0 Å². The fourth-order valence-electron chi connectivity index (χ4n) is 3.31. The van der Waals surface area contributed by atoms with Crippen LogP contribution in [-0.4, -0.2) is 68.7 Å². The molecule has 0 bridgehead atoms. The third kappa shape index (κ3) is 4.31. The van der Waals surface area contributed by atoms with Gasteiger partial charge in [0.15, 0.2) is 5.78 Å². The van der Waals surface area contributed by atoms with Crippen LogP contribution in [0.5, 0.6) is 0 Å². The Morgan fingerprint density at radius 3 is 2.65 bits per heavy atom. The predicted octanol–water partition coefficient (Wildman–Crippen LogP) is 0.863. The third-order valence-corrected chi connectivity index (χ3v) is 6.56. The molecule has 8 heteroatoms. The molecule has 3 rings (SSSR count). The molecule has 1 saturated carbocycles. The summed E-state index contributed by atoms with van der Waals surface area (Å²) in [5.41, 5.74) is 0.322. The lowest BCUT2D eigenvalue weighted by molar-refractivity contribution is -0.130. The topological polar surface area (TPSA) is 86.8 Å². The van der Waals surface area contributed by atoms with Crippen LogP contribution in [0.1, 0.15) is 36.5 Å². The molecule has 1 unspecified atom stereocenters. The van der Waals surface area contributed by atoms with Gasteiger partial charge in [-0.2, -0.15) is 0 Å². The molecule has 1 aromatic carbocycles. The Morgan fingerprint density at radius 1 is 1.27 bits per heavy atom. The molecule has 142 valence electrons. The van der Waals surface area contributed by atoms with E-state index in [0.717, 1.165) is 19.5 Å². The summed E-state index contributed by atoms with van der Waals surface area (Å²) in [5, 5.41) is 0. The van der Waals surface area contributed by atoms with Crippen LogP contribution >= 0.6 is 0 Å². The highest BCUT2D eigenvalue weighted by Crippen LogP contribution is 2.30. The van der Waals surface area contributed by atoms with Gasteiger partial charge in [0.25, 0.3) is 0 Å². The van der Waals surface area contributed by atoms with Crippen LogP contribution in [0.15, 0.2) is 29.2 Å². The summed E-state index contributed by atoms with van der Waals surface area (Å²) in [6.07, 6.45) is 3.40. The second-order valence-electron chi connectivity index (χ2n) is 7.08. The first-order valence-electron chi connectivity index (χ1n) is 8.88. The molecule has 1 aromatic rings. The van der Waals surface area contributed by atoms with Gasteiger partial charge in [0.2, 0.25) is 15.9 Å². The summed E-state index contributed by atoms with van der Waals surface area (Å²) in [6.45, 7) is 2.95. The molecule has 1 N–H and O–H groups in total. The van der Waals surface area contributed by atoms with Crippen molar-refractivity contribution in [3.05, 3.63) is 29.8 Å². The largest absolute Gasteiger partial charge is 0.340 e. The Bertz CT molecular complexity index is 804. The number of carbonyl (C=O) groups is 2. The fourth-order valence-corrected chi connectivity index (χ4v) is 4.33. The Hall–Kier alpha value is -1.77. The van der Waals surface area contributed by atoms with Crippen molar-refractivity contribution in [3.63, 3.8) is 0 Å². The van der Waals surface area contributed by atoms with Crippen LogP contribution in [0.4, 0.5) is 0 Å². The number of benzene rings is 1. The lowest BCUT2D eigenvalue weighted by Gasteiger charge is -2.25. The monoisotopic (exact) mass is 379 g/mol. The van der Waals surface area contributed by atoms with Crippen molar-refractivity contribution >= 4 is 21.7 Å². The average molecular weight is 379 g/mol. The van der Waals surface area contributed by atoms with E-state index < -0.39 is 10.0 Å². The Balaban J connectivity index is 1.57. The molecule has 0 spiro atoms. The van der Waals surface area contributed by atoms with Gasteiger partial charge < -0.3 is 4.90 Å². The molecule has 2 aliphatic rings. The summed E-state index contributed by atoms with van der Waals surface area (Å²) in [6, 6.07) is 6.62. The smallest absolute Gasteiger partial charge is 0.241 e. The first-order chi connectivity index (χ1) is 12.3. The first-order valence-corrected chi connectivity index (χ1v) is 10.4. The molecule has 26 heavy (non-hydrogen) atoms. The fraction of sp³-hybridized carbons (Fsp3) is 0.556. The number of hydrogen-bond acceptors (Lipinski definition) is 5. The second-order valence-corrected chi connectivity index (χ2v) is 8.85. The highest BCUT2D eigenvalue weighted by atomic mass is 32.2. The van der Waals surface area contributed by atoms with E-state index in [4.69, 9.17) is 0 Å². The maximum atomic E-state index is 12.4. The lowest BCUT2D eigenvalue weighted by Crippen LogP contribution is -2.44. The molecule has 1 amide bonds. The van der Waals surface area contributed by atoms with Crippen LogP contribution in [-0.2, 0) is 14.8 Å². The SMILES string of the molecule is CC(=O)c1cccc(S(=O)(=O)NCC(=O)N(C)C2CCN(C3CC3)C2)c1. The summed E-state index contributed by atoms with van der Waals surface area (Å²) in [7, 11) is -2.11. The minimum absolute atomic E-state index is 0.0126. The summed E-state index contributed by atoms with van der Waals surface area (Å²) >= 11 is 0. The summed E-state index contributed by atoms with van der Waals surface area (Å²) in [4.78, 5) is 27.9. The second kappa shape index (κ2) is 7.46. The number of nitrogens with one attached hydrogen (secondary N) is 1. The van der Waals surface area contributed by atoms with Gasteiger partial charge >= 0.3 is 0 Å². The number of hydrogen-bond donors (Lipinski definition) is 1. The van der Waals surface area contributed by atoms with E-state index >= 15 is 0 Å². The quantitative estimate of drug-likeness (QED) is 0.710. The molecule has 1 aliphatic carbocycles. The molecule has 1 heterocycles. The van der Waals surface area contributed by atoms with Crippen LogP contribution in [0.3, 0.4) is 0 Å². The standard InChI is InChI=1S/C18H25N3O4S/c1-13(22)14-4-3-5-17(10-14)26(24,25)19-11-18(23)20(2)16-8-9-21(12-16)15-6-7-15/h3-5,10,15-16,19H,6-9,11-12H2,1-2H3. The van der Waals surface area contributed by atoms with Crippen LogP contribution < -0.4 is 4.72 Å². The Morgan fingerprint density at radius 2 is 2.00 bits per heavy atom. The van der Waals surface area contributed by atoms with E-state index in [0.29, 0.717) is 11.6 Å². The minimum atomic E-state index is -3.84. The number of carbonyl (C=O) groups excluding carboxylic acids is 2. The van der Waals surface area contributed by atoms with Crippen molar-refractivity contribution in [2.75, 3.05) is 26.7 Å². The summed E-state index contributed by atoms with van der Waals surface area (Å²) in [5.74, 6) is -0.460. The summed E-state index contributed by atoms with van der Waals surface area (Å²) < 4.78 is 27.2. The van der Waals surface area contributed by atoms with Crippen LogP contribution in [0, 0.1) is 0 Å². The molecule has 1 saturated heterocycles. The van der Waals surface area contributed by atoms with Gasteiger partial charge in [-0.25, -0.2) is 13.1 Å². The van der Waals surface area contributed by atoms with Gasteiger partial charge in [-0.1, -0.05) is 12.1 Å². The normalized spacial score (nSPS) is 20.9. The molecular formula is C18H25N3O4S. The number of sulfonamides is 1. The third-order valence-electron chi connectivity index (χ3n) is 5.16. The zero-order chi connectivity index (χ0) is 18.9. The average Bonchev–Trinajstić information content (AvgIpc) is 3.36. The number of likely N-dealkylation sites (tertiary alicyclic amines) is 1. The number of ketones is 1. The molecular weight excluding hydrogens is 354 g/mol. The van der Waals surface area contributed by atoms with E-state index in [-0.39, 0.29) is 29.2 Å². The zero-order valence-corrected chi connectivity index (χ0v) is 16.0. The van der Waals surface area contributed by atoms with Crippen LogP contribution in [0.2, 0.25) is 0 Å². The van der Waals surface area contributed by atoms with Gasteiger partial charge in [0.05, 0.1) is 11.4 Å². The molecule has 0 radical (unpaired) electrons. The van der Waals surface area contributed by atoms with Crippen molar-refractivity contribution in [1.29, 1.82) is 0 Å². The number of rotatable bonds is 7. The molecule has 0 aromatic heterocycles. The number of Topliss-reactive ketones (excluding diaryl/α,β-unsaturated/α-hetero) is 1. The lowest BCUT2D eigenvalue weighted by atomic mass is 10.2. The Kier molecular flexibility index (Phi) is 5.45. The Labute approximate surface area is 154 Å². The van der Waals surface area contributed by atoms with E-state index in [2.05, 4.69) is 9.62 Å². The number of nitrogens with zero attached hydrogens (tertiary/aromatic N) is 2. The molecule has 1 atom stereocenters. The molecule has 2 fully saturated rings. The molecule has 1 aliphatic heterocycles. The number of amides is 1. The zero-order valence-electron chi connectivity index (χ0n) is 15.1. The molecule has 7 nitrogen and oxygen atoms in total. The van der Waals surface area contributed by atoms with Gasteiger partial charge in [-0.3, -0.25) is 14.5 Å². The van der Waals surface area contributed by atoms with Crippen molar-refractivity contribution in [1.82, 2.24) is 14.5 Å². The predicted molar refractivity (Wildman–Crippen MR) is 97.4 cm³/mol. The highest BCUT2D eigenvalue weighted by molar-refractivity contribution is 7.89. The minimum Gasteiger partial charge on any atom is -0.340 e. The maximum Gasteiger partial charge on any atom is 0.241 e. The van der Waals surface area contributed by atoms with Crippen molar-refractivity contribution in [2.24, 2.45) is 0 Å². The maximum absolute atomic E-state index is 12.4. The van der Waals surface area contributed by atoms with Gasteiger partial charge in [-0.15, -0.1) is 0 Å².